The van der Waals surface area contributed by atoms with Crippen molar-refractivity contribution in [3.05, 3.63) is 70.3 Å². The number of halogens is 1. The molecule has 0 aliphatic rings. The fraction of sp³-hybridized carbons (Fsp3) is 0.0667. The molecule has 3 aromatic rings. The van der Waals surface area contributed by atoms with Crippen LogP contribution in [0.4, 0.5) is 4.39 Å². The van der Waals surface area contributed by atoms with E-state index in [-0.39, 0.29) is 11.4 Å². The molecule has 0 radical (unpaired) electrons. The molecule has 3 rings (SSSR count). The van der Waals surface area contributed by atoms with E-state index in [9.17, 15) is 9.18 Å². The van der Waals surface area contributed by atoms with Gasteiger partial charge in [0.05, 0.1) is 10.9 Å². The van der Waals surface area contributed by atoms with Crippen molar-refractivity contribution >= 4 is 22.7 Å². The Bertz CT molecular complexity index is 799. The number of hydrogen-bond donors (Lipinski definition) is 1. The summed E-state index contributed by atoms with van der Waals surface area (Å²) in [5, 5.41) is 1.15. The van der Waals surface area contributed by atoms with Crippen molar-refractivity contribution in [1.29, 1.82) is 0 Å². The van der Waals surface area contributed by atoms with Crippen LogP contribution in [-0.4, -0.2) is 9.97 Å². The van der Waals surface area contributed by atoms with Gasteiger partial charge in [0.25, 0.3) is 5.56 Å². The Kier molecular flexibility index (Phi) is 3.52. The standard InChI is InChI=1S/C15H11FN2OS/c16-11-7-5-10(6-8-11)9-20-15-17-13-4-2-1-3-12(13)14(19)18-15/h1-8H,9H2,(H,17,18,19). The predicted octanol–water partition coefficient (Wildman–Crippen LogP) is 3.35. The minimum atomic E-state index is -0.254. The van der Waals surface area contributed by atoms with Gasteiger partial charge in [-0.25, -0.2) is 9.37 Å². The van der Waals surface area contributed by atoms with Gasteiger partial charge < -0.3 is 4.98 Å². The van der Waals surface area contributed by atoms with Crippen molar-refractivity contribution in [3.63, 3.8) is 0 Å². The van der Waals surface area contributed by atoms with Crippen LogP contribution in [0.3, 0.4) is 0 Å². The molecule has 1 N–H and O–H groups in total. The van der Waals surface area contributed by atoms with E-state index in [2.05, 4.69) is 9.97 Å². The van der Waals surface area contributed by atoms with E-state index in [0.717, 1.165) is 5.56 Å². The van der Waals surface area contributed by atoms with Crippen LogP contribution in [-0.2, 0) is 5.75 Å². The predicted molar refractivity (Wildman–Crippen MR) is 78.3 cm³/mol. The van der Waals surface area contributed by atoms with Crippen LogP contribution >= 0.6 is 11.8 Å². The van der Waals surface area contributed by atoms with Gasteiger partial charge >= 0.3 is 0 Å². The topological polar surface area (TPSA) is 45.8 Å². The molecule has 0 unspecified atom stereocenters. The second-order valence-electron chi connectivity index (χ2n) is 4.30. The Labute approximate surface area is 118 Å². The van der Waals surface area contributed by atoms with Crippen molar-refractivity contribution in [3.8, 4) is 0 Å². The molecule has 0 fully saturated rings. The zero-order chi connectivity index (χ0) is 13.9. The van der Waals surface area contributed by atoms with Crippen molar-refractivity contribution in [1.82, 2.24) is 9.97 Å². The number of rotatable bonds is 3. The van der Waals surface area contributed by atoms with Gasteiger partial charge in [-0.2, -0.15) is 0 Å². The van der Waals surface area contributed by atoms with E-state index in [1.54, 1.807) is 18.2 Å². The molecule has 0 aliphatic carbocycles. The number of fused-ring (bicyclic) bond motifs is 1. The van der Waals surface area contributed by atoms with Crippen molar-refractivity contribution in [2.45, 2.75) is 10.9 Å². The number of thioether (sulfide) groups is 1. The summed E-state index contributed by atoms with van der Waals surface area (Å²) >= 11 is 1.42. The molecule has 2 aromatic carbocycles. The van der Waals surface area contributed by atoms with E-state index in [0.29, 0.717) is 21.8 Å². The first-order chi connectivity index (χ1) is 9.72. The number of H-pyrrole nitrogens is 1. The van der Waals surface area contributed by atoms with Crippen molar-refractivity contribution in [2.75, 3.05) is 0 Å². The first-order valence-corrected chi connectivity index (χ1v) is 7.07. The molecule has 0 saturated carbocycles. The Morgan fingerprint density at radius 2 is 1.85 bits per heavy atom. The lowest BCUT2D eigenvalue weighted by molar-refractivity contribution is 0.627. The first kappa shape index (κ1) is 12.9. The highest BCUT2D eigenvalue weighted by Gasteiger charge is 2.04. The highest BCUT2D eigenvalue weighted by Crippen LogP contribution is 2.19. The maximum Gasteiger partial charge on any atom is 0.259 e. The fourth-order valence-electron chi connectivity index (χ4n) is 1.87. The summed E-state index contributed by atoms with van der Waals surface area (Å²) in [5.41, 5.74) is 1.52. The fourth-order valence-corrected chi connectivity index (χ4v) is 2.69. The van der Waals surface area contributed by atoms with E-state index in [4.69, 9.17) is 0 Å². The monoisotopic (exact) mass is 286 g/mol. The van der Waals surface area contributed by atoms with Crippen LogP contribution < -0.4 is 5.56 Å². The number of aromatic nitrogens is 2. The van der Waals surface area contributed by atoms with E-state index in [1.165, 1.54) is 23.9 Å². The lowest BCUT2D eigenvalue weighted by atomic mass is 10.2. The van der Waals surface area contributed by atoms with Crippen LogP contribution in [0.2, 0.25) is 0 Å². The lowest BCUT2D eigenvalue weighted by Gasteiger charge is -2.03. The maximum absolute atomic E-state index is 12.8. The van der Waals surface area contributed by atoms with E-state index >= 15 is 0 Å². The molecule has 1 aromatic heterocycles. The summed E-state index contributed by atoms with van der Waals surface area (Å²) in [6, 6.07) is 13.5. The maximum atomic E-state index is 12.8. The molecule has 0 amide bonds. The molecule has 100 valence electrons. The van der Waals surface area contributed by atoms with Crippen LogP contribution in [0.1, 0.15) is 5.56 Å². The zero-order valence-electron chi connectivity index (χ0n) is 10.5. The minimum Gasteiger partial charge on any atom is -0.301 e. The molecule has 0 bridgehead atoms. The average molecular weight is 286 g/mol. The normalized spacial score (nSPS) is 10.8. The van der Waals surface area contributed by atoms with Gasteiger partial charge in [-0.05, 0) is 29.8 Å². The highest BCUT2D eigenvalue weighted by atomic mass is 32.2. The van der Waals surface area contributed by atoms with Gasteiger partial charge in [-0.1, -0.05) is 36.0 Å². The second kappa shape index (κ2) is 5.46. The molecule has 0 spiro atoms. The van der Waals surface area contributed by atoms with E-state index in [1.807, 2.05) is 18.2 Å². The number of hydrogen-bond acceptors (Lipinski definition) is 3. The molecule has 0 saturated heterocycles. The van der Waals surface area contributed by atoms with Crippen LogP contribution in [0.15, 0.2) is 58.5 Å². The van der Waals surface area contributed by atoms with Crippen LogP contribution in [0.25, 0.3) is 10.9 Å². The molecular weight excluding hydrogens is 275 g/mol. The second-order valence-corrected chi connectivity index (χ2v) is 5.27. The molecule has 20 heavy (non-hydrogen) atoms. The summed E-state index contributed by atoms with van der Waals surface area (Å²) < 4.78 is 12.8. The van der Waals surface area contributed by atoms with Crippen molar-refractivity contribution in [2.24, 2.45) is 0 Å². The van der Waals surface area contributed by atoms with Gasteiger partial charge in [-0.3, -0.25) is 4.79 Å². The third-order valence-electron chi connectivity index (χ3n) is 2.88. The number of nitrogens with zero attached hydrogens (tertiary/aromatic N) is 1. The number of benzene rings is 2. The van der Waals surface area contributed by atoms with E-state index < -0.39 is 0 Å². The molecule has 0 aliphatic heterocycles. The molecule has 3 nitrogen and oxygen atoms in total. The Morgan fingerprint density at radius 1 is 1.10 bits per heavy atom. The molecule has 1 heterocycles. The van der Waals surface area contributed by atoms with Gasteiger partial charge in [-0.15, -0.1) is 0 Å². The van der Waals surface area contributed by atoms with Crippen molar-refractivity contribution < 1.29 is 4.39 Å². The Hall–Kier alpha value is -2.14. The zero-order valence-corrected chi connectivity index (χ0v) is 11.3. The SMILES string of the molecule is O=c1[nH]c(SCc2ccc(F)cc2)nc2ccccc12. The summed E-state index contributed by atoms with van der Waals surface area (Å²) in [4.78, 5) is 19.1. The number of para-hydroxylation sites is 1. The summed E-state index contributed by atoms with van der Waals surface area (Å²) in [6.45, 7) is 0. The van der Waals surface area contributed by atoms with Gasteiger partial charge in [0.15, 0.2) is 5.16 Å². The summed E-state index contributed by atoms with van der Waals surface area (Å²) in [5.74, 6) is 0.373. The molecular formula is C15H11FN2OS. The number of nitrogens with one attached hydrogen (secondary N) is 1. The summed E-state index contributed by atoms with van der Waals surface area (Å²) in [7, 11) is 0. The largest absolute Gasteiger partial charge is 0.301 e. The number of aromatic amines is 1. The highest BCUT2D eigenvalue weighted by molar-refractivity contribution is 7.98. The Morgan fingerprint density at radius 3 is 2.65 bits per heavy atom. The Balaban J connectivity index is 1.84. The minimum absolute atomic E-state index is 0.141. The average Bonchev–Trinajstić information content (AvgIpc) is 2.47. The summed E-state index contributed by atoms with van der Waals surface area (Å²) in [6.07, 6.45) is 0. The molecule has 0 atom stereocenters. The van der Waals surface area contributed by atoms with Gasteiger partial charge in [0.2, 0.25) is 0 Å². The van der Waals surface area contributed by atoms with Gasteiger partial charge in [0, 0.05) is 5.75 Å². The van der Waals surface area contributed by atoms with Crippen LogP contribution in [0.5, 0.6) is 0 Å². The quantitative estimate of drug-likeness (QED) is 0.593. The smallest absolute Gasteiger partial charge is 0.259 e. The molecule has 5 heteroatoms. The van der Waals surface area contributed by atoms with Crippen LogP contribution in [0, 0.1) is 5.82 Å². The third kappa shape index (κ3) is 2.72. The third-order valence-corrected chi connectivity index (χ3v) is 3.82. The lowest BCUT2D eigenvalue weighted by Crippen LogP contribution is -2.08. The van der Waals surface area contributed by atoms with Gasteiger partial charge in [0.1, 0.15) is 5.82 Å². The first-order valence-electron chi connectivity index (χ1n) is 6.09.